The van der Waals surface area contributed by atoms with Gasteiger partial charge in [-0.3, -0.25) is 9.59 Å². The molecule has 2 aliphatic rings. The van der Waals surface area contributed by atoms with E-state index < -0.39 is 0 Å². The monoisotopic (exact) mass is 287 g/mol. The highest BCUT2D eigenvalue weighted by Crippen LogP contribution is 2.22. The van der Waals surface area contributed by atoms with Gasteiger partial charge in [-0.05, 0) is 44.0 Å². The Morgan fingerprint density at radius 2 is 2.29 bits per heavy atom. The zero-order valence-electron chi connectivity index (χ0n) is 12.1. The number of rotatable bonds is 4. The average molecular weight is 287 g/mol. The van der Waals surface area contributed by atoms with Crippen LogP contribution >= 0.6 is 0 Å². The van der Waals surface area contributed by atoms with Gasteiger partial charge >= 0.3 is 0 Å². The van der Waals surface area contributed by atoms with E-state index in [2.05, 4.69) is 10.6 Å². The van der Waals surface area contributed by atoms with Crippen LogP contribution in [0.4, 0.5) is 5.69 Å². The standard InChI is InChI=1S/C16H21N3O2/c20-15-7-3-9-19(15)14-6-1-4-12(10-14)16(21)18-11-13-5-2-8-17-13/h1,4,6,10,13,17H,2-3,5,7-9,11H2,(H,18,21). The highest BCUT2D eigenvalue weighted by Gasteiger charge is 2.22. The van der Waals surface area contributed by atoms with Crippen LogP contribution in [0, 0.1) is 0 Å². The van der Waals surface area contributed by atoms with Crippen LogP contribution in [0.2, 0.25) is 0 Å². The molecule has 0 spiro atoms. The number of carbonyl (C=O) groups is 2. The molecule has 0 bridgehead atoms. The Morgan fingerprint density at radius 3 is 3.00 bits per heavy atom. The van der Waals surface area contributed by atoms with Crippen LogP contribution in [-0.2, 0) is 4.79 Å². The molecule has 5 heteroatoms. The fourth-order valence-corrected chi connectivity index (χ4v) is 2.99. The molecule has 112 valence electrons. The Morgan fingerprint density at radius 1 is 1.38 bits per heavy atom. The zero-order chi connectivity index (χ0) is 14.7. The molecule has 2 fully saturated rings. The molecule has 1 unspecified atom stereocenters. The van der Waals surface area contributed by atoms with Gasteiger partial charge in [0.15, 0.2) is 0 Å². The number of hydrogen-bond acceptors (Lipinski definition) is 3. The van der Waals surface area contributed by atoms with Crippen molar-refractivity contribution < 1.29 is 9.59 Å². The van der Waals surface area contributed by atoms with Gasteiger partial charge in [-0.1, -0.05) is 6.07 Å². The molecule has 1 aromatic rings. The molecular formula is C16H21N3O2. The number of amides is 2. The Labute approximate surface area is 124 Å². The van der Waals surface area contributed by atoms with E-state index in [0.29, 0.717) is 24.6 Å². The van der Waals surface area contributed by atoms with E-state index >= 15 is 0 Å². The first-order chi connectivity index (χ1) is 10.2. The minimum absolute atomic E-state index is 0.0720. The van der Waals surface area contributed by atoms with Crippen molar-refractivity contribution in [3.63, 3.8) is 0 Å². The van der Waals surface area contributed by atoms with Crippen molar-refractivity contribution in [2.75, 3.05) is 24.5 Å². The summed E-state index contributed by atoms with van der Waals surface area (Å²) in [7, 11) is 0. The lowest BCUT2D eigenvalue weighted by Gasteiger charge is -2.17. The quantitative estimate of drug-likeness (QED) is 0.877. The number of carbonyl (C=O) groups excluding carboxylic acids is 2. The first-order valence-corrected chi connectivity index (χ1v) is 7.66. The predicted octanol–water partition coefficient (Wildman–Crippen LogP) is 1.30. The summed E-state index contributed by atoms with van der Waals surface area (Å²) in [6.45, 7) is 2.44. The smallest absolute Gasteiger partial charge is 0.251 e. The molecule has 21 heavy (non-hydrogen) atoms. The van der Waals surface area contributed by atoms with Crippen molar-refractivity contribution in [3.05, 3.63) is 29.8 Å². The molecule has 2 amide bonds. The van der Waals surface area contributed by atoms with E-state index in [0.717, 1.165) is 31.6 Å². The first-order valence-electron chi connectivity index (χ1n) is 7.66. The van der Waals surface area contributed by atoms with Crippen molar-refractivity contribution in [1.82, 2.24) is 10.6 Å². The Bertz CT molecular complexity index is 538. The normalized spacial score (nSPS) is 21.8. The van der Waals surface area contributed by atoms with Crippen LogP contribution in [0.5, 0.6) is 0 Å². The van der Waals surface area contributed by atoms with Gasteiger partial charge in [0.1, 0.15) is 0 Å². The molecule has 5 nitrogen and oxygen atoms in total. The lowest BCUT2D eigenvalue weighted by atomic mass is 10.1. The van der Waals surface area contributed by atoms with Crippen molar-refractivity contribution in [3.8, 4) is 0 Å². The maximum Gasteiger partial charge on any atom is 0.251 e. The molecule has 0 saturated carbocycles. The number of hydrogen-bond donors (Lipinski definition) is 2. The Hall–Kier alpha value is -1.88. The minimum Gasteiger partial charge on any atom is -0.350 e. The van der Waals surface area contributed by atoms with Crippen molar-refractivity contribution >= 4 is 17.5 Å². The minimum atomic E-state index is -0.0720. The van der Waals surface area contributed by atoms with E-state index in [1.807, 2.05) is 12.1 Å². The van der Waals surface area contributed by atoms with E-state index in [9.17, 15) is 9.59 Å². The summed E-state index contributed by atoms with van der Waals surface area (Å²) in [5.74, 6) is 0.0694. The van der Waals surface area contributed by atoms with Gasteiger partial charge in [0, 0.05) is 36.8 Å². The molecule has 2 aliphatic heterocycles. The van der Waals surface area contributed by atoms with Crippen LogP contribution in [0.15, 0.2) is 24.3 Å². The summed E-state index contributed by atoms with van der Waals surface area (Å²) in [6, 6.07) is 7.71. The fourth-order valence-electron chi connectivity index (χ4n) is 2.99. The molecule has 2 saturated heterocycles. The zero-order valence-corrected chi connectivity index (χ0v) is 12.1. The molecule has 1 atom stereocenters. The first kappa shape index (κ1) is 14.1. The van der Waals surface area contributed by atoms with Crippen LogP contribution in [0.1, 0.15) is 36.0 Å². The van der Waals surface area contributed by atoms with Crippen LogP contribution in [-0.4, -0.2) is 37.5 Å². The van der Waals surface area contributed by atoms with E-state index in [1.165, 1.54) is 6.42 Å². The lowest BCUT2D eigenvalue weighted by Crippen LogP contribution is -2.37. The van der Waals surface area contributed by atoms with Gasteiger partial charge in [0.05, 0.1) is 0 Å². The maximum absolute atomic E-state index is 12.2. The second kappa shape index (κ2) is 6.26. The number of nitrogens with zero attached hydrogens (tertiary/aromatic N) is 1. The van der Waals surface area contributed by atoms with Crippen LogP contribution in [0.25, 0.3) is 0 Å². The average Bonchev–Trinajstić information content (AvgIpc) is 3.16. The fraction of sp³-hybridized carbons (Fsp3) is 0.500. The van der Waals surface area contributed by atoms with Gasteiger partial charge in [0.2, 0.25) is 5.91 Å². The predicted molar refractivity (Wildman–Crippen MR) is 81.4 cm³/mol. The maximum atomic E-state index is 12.2. The van der Waals surface area contributed by atoms with E-state index in [4.69, 9.17) is 0 Å². The van der Waals surface area contributed by atoms with Gasteiger partial charge in [-0.15, -0.1) is 0 Å². The van der Waals surface area contributed by atoms with Gasteiger partial charge in [-0.2, -0.15) is 0 Å². The van der Waals surface area contributed by atoms with E-state index in [-0.39, 0.29) is 11.8 Å². The molecular weight excluding hydrogens is 266 g/mol. The van der Waals surface area contributed by atoms with Crippen molar-refractivity contribution in [1.29, 1.82) is 0 Å². The topological polar surface area (TPSA) is 61.4 Å². The second-order valence-corrected chi connectivity index (χ2v) is 5.70. The Kier molecular flexibility index (Phi) is 4.20. The molecule has 0 aromatic heterocycles. The van der Waals surface area contributed by atoms with Gasteiger partial charge in [0.25, 0.3) is 5.91 Å². The summed E-state index contributed by atoms with van der Waals surface area (Å²) >= 11 is 0. The highest BCUT2D eigenvalue weighted by molar-refractivity contribution is 5.99. The van der Waals surface area contributed by atoms with Crippen LogP contribution in [0.3, 0.4) is 0 Å². The van der Waals surface area contributed by atoms with Crippen LogP contribution < -0.4 is 15.5 Å². The lowest BCUT2D eigenvalue weighted by molar-refractivity contribution is -0.117. The third-order valence-corrected chi connectivity index (χ3v) is 4.16. The summed E-state index contributed by atoms with van der Waals surface area (Å²) < 4.78 is 0. The van der Waals surface area contributed by atoms with E-state index in [1.54, 1.807) is 17.0 Å². The third-order valence-electron chi connectivity index (χ3n) is 4.16. The number of nitrogens with one attached hydrogen (secondary N) is 2. The summed E-state index contributed by atoms with van der Waals surface area (Å²) in [6.07, 6.45) is 3.78. The molecule has 3 rings (SSSR count). The highest BCUT2D eigenvalue weighted by atomic mass is 16.2. The largest absolute Gasteiger partial charge is 0.350 e. The molecule has 1 aromatic carbocycles. The third kappa shape index (κ3) is 3.24. The van der Waals surface area contributed by atoms with Crippen molar-refractivity contribution in [2.45, 2.75) is 31.7 Å². The SMILES string of the molecule is O=C(NCC1CCCN1)c1cccc(N2CCCC2=O)c1. The number of anilines is 1. The molecule has 0 aliphatic carbocycles. The summed E-state index contributed by atoms with van der Waals surface area (Å²) in [4.78, 5) is 25.7. The Balaban J connectivity index is 1.64. The van der Waals surface area contributed by atoms with Crippen molar-refractivity contribution in [2.24, 2.45) is 0 Å². The van der Waals surface area contributed by atoms with Gasteiger partial charge < -0.3 is 15.5 Å². The molecule has 2 heterocycles. The number of benzene rings is 1. The summed E-state index contributed by atoms with van der Waals surface area (Å²) in [5.41, 5.74) is 1.44. The van der Waals surface area contributed by atoms with Gasteiger partial charge in [-0.25, -0.2) is 0 Å². The molecule has 0 radical (unpaired) electrons. The second-order valence-electron chi connectivity index (χ2n) is 5.70. The molecule has 2 N–H and O–H groups in total. The summed E-state index contributed by atoms with van der Waals surface area (Å²) in [5, 5.41) is 6.32.